The van der Waals surface area contributed by atoms with Crippen molar-refractivity contribution in [3.05, 3.63) is 59.7 Å². The molecule has 0 unspecified atom stereocenters. The summed E-state index contributed by atoms with van der Waals surface area (Å²) in [5.74, 6) is -1.32. The summed E-state index contributed by atoms with van der Waals surface area (Å²) in [6.45, 7) is 3.35. The fraction of sp³-hybridized carbons (Fsp3) is 0.222. The number of halogens is 2. The summed E-state index contributed by atoms with van der Waals surface area (Å²) >= 11 is 0. The lowest BCUT2D eigenvalue weighted by atomic mass is 10.2. The highest BCUT2D eigenvalue weighted by Crippen LogP contribution is 2.18. The van der Waals surface area contributed by atoms with Crippen LogP contribution in [0.1, 0.15) is 19.4 Å². The van der Waals surface area contributed by atoms with Crippen molar-refractivity contribution in [3.8, 4) is 5.75 Å². The molecule has 0 N–H and O–H groups in total. The molecular formula is C18H17F2NO3. The summed E-state index contributed by atoms with van der Waals surface area (Å²) in [4.78, 5) is 15.4. The first-order valence-corrected chi connectivity index (χ1v) is 7.35. The van der Waals surface area contributed by atoms with Gasteiger partial charge in [0.2, 0.25) is 0 Å². The van der Waals surface area contributed by atoms with Crippen LogP contribution in [0.2, 0.25) is 0 Å². The molecule has 0 atom stereocenters. The van der Waals surface area contributed by atoms with E-state index in [-0.39, 0.29) is 18.4 Å². The maximum absolute atomic E-state index is 13.5. The van der Waals surface area contributed by atoms with Crippen LogP contribution in [-0.4, -0.2) is 24.9 Å². The highest BCUT2D eigenvalue weighted by Gasteiger charge is 2.06. The fourth-order valence-corrected chi connectivity index (χ4v) is 1.82. The molecule has 0 saturated carbocycles. The Labute approximate surface area is 138 Å². The minimum absolute atomic E-state index is 0.0492. The number of hydrogen-bond acceptors (Lipinski definition) is 4. The summed E-state index contributed by atoms with van der Waals surface area (Å²) in [6.07, 6.45) is 1.26. The van der Waals surface area contributed by atoms with Gasteiger partial charge < -0.3 is 9.47 Å². The lowest BCUT2D eigenvalue weighted by Gasteiger charge is -2.09. The number of carbonyl (C=O) groups is 1. The molecule has 0 aromatic heterocycles. The summed E-state index contributed by atoms with van der Waals surface area (Å²) < 4.78 is 36.5. The van der Waals surface area contributed by atoms with Gasteiger partial charge in [-0.2, -0.15) is 0 Å². The third-order valence-corrected chi connectivity index (χ3v) is 2.87. The minimum atomic E-state index is -0.727. The summed E-state index contributed by atoms with van der Waals surface area (Å²) in [5, 5.41) is 0. The number of aliphatic imine (C=N–C) groups is 1. The van der Waals surface area contributed by atoms with E-state index in [0.717, 1.165) is 12.1 Å². The summed E-state index contributed by atoms with van der Waals surface area (Å²) in [5.41, 5.74) is 0.754. The van der Waals surface area contributed by atoms with E-state index in [4.69, 9.17) is 9.47 Å². The van der Waals surface area contributed by atoms with Crippen LogP contribution >= 0.6 is 0 Å². The second-order valence-corrected chi connectivity index (χ2v) is 5.25. The molecule has 0 aliphatic heterocycles. The topological polar surface area (TPSA) is 47.9 Å². The Balaban J connectivity index is 1.94. The zero-order valence-corrected chi connectivity index (χ0v) is 13.3. The van der Waals surface area contributed by atoms with Crippen molar-refractivity contribution in [2.24, 2.45) is 4.99 Å². The fourth-order valence-electron chi connectivity index (χ4n) is 1.82. The van der Waals surface area contributed by atoms with Crippen LogP contribution in [0.15, 0.2) is 47.5 Å². The number of esters is 1. The van der Waals surface area contributed by atoms with Gasteiger partial charge in [0.15, 0.2) is 12.4 Å². The van der Waals surface area contributed by atoms with Crippen LogP contribution in [0.5, 0.6) is 5.75 Å². The molecule has 0 amide bonds. The van der Waals surface area contributed by atoms with E-state index in [0.29, 0.717) is 11.3 Å². The Kier molecular flexibility index (Phi) is 6.01. The third-order valence-electron chi connectivity index (χ3n) is 2.87. The molecule has 4 nitrogen and oxygen atoms in total. The molecule has 0 bridgehead atoms. The Bertz CT molecular complexity index is 728. The first kappa shape index (κ1) is 17.6. The molecule has 0 radical (unpaired) electrons. The zero-order valence-electron chi connectivity index (χ0n) is 13.3. The SMILES string of the molecule is CC(C)OC(=O)COc1ccc(C=Nc2ccc(F)cc2F)cc1. The van der Waals surface area contributed by atoms with E-state index < -0.39 is 17.6 Å². The molecule has 24 heavy (non-hydrogen) atoms. The summed E-state index contributed by atoms with van der Waals surface area (Å²) in [6, 6.07) is 9.90. The van der Waals surface area contributed by atoms with Gasteiger partial charge in [0.25, 0.3) is 0 Å². The van der Waals surface area contributed by atoms with E-state index in [9.17, 15) is 13.6 Å². The zero-order chi connectivity index (χ0) is 17.5. The molecule has 0 saturated heterocycles. The molecular weight excluding hydrogens is 316 g/mol. The van der Waals surface area contributed by atoms with Crippen LogP contribution in [-0.2, 0) is 9.53 Å². The van der Waals surface area contributed by atoms with Crippen molar-refractivity contribution in [1.29, 1.82) is 0 Å². The Morgan fingerprint density at radius 3 is 2.50 bits per heavy atom. The standard InChI is InChI=1S/C18H17F2NO3/c1-12(2)24-18(22)11-23-15-6-3-13(4-7-15)10-21-17-8-5-14(19)9-16(17)20/h3-10,12H,11H2,1-2H3. The van der Waals surface area contributed by atoms with Gasteiger partial charge in [-0.05, 0) is 55.8 Å². The van der Waals surface area contributed by atoms with Gasteiger partial charge in [0, 0.05) is 12.3 Å². The number of rotatable bonds is 6. The molecule has 0 aliphatic carbocycles. The van der Waals surface area contributed by atoms with Gasteiger partial charge in [0.05, 0.1) is 11.8 Å². The van der Waals surface area contributed by atoms with Crippen molar-refractivity contribution >= 4 is 17.9 Å². The second kappa shape index (κ2) is 8.19. The monoisotopic (exact) mass is 333 g/mol. The average molecular weight is 333 g/mol. The normalized spacial score (nSPS) is 11.0. The number of ether oxygens (including phenoxy) is 2. The molecule has 2 aromatic carbocycles. The third kappa shape index (κ3) is 5.46. The maximum Gasteiger partial charge on any atom is 0.344 e. The van der Waals surface area contributed by atoms with Gasteiger partial charge in [0.1, 0.15) is 11.6 Å². The smallest absolute Gasteiger partial charge is 0.344 e. The lowest BCUT2D eigenvalue weighted by molar-refractivity contribution is -0.149. The highest BCUT2D eigenvalue weighted by atomic mass is 19.1. The van der Waals surface area contributed by atoms with Crippen molar-refractivity contribution in [1.82, 2.24) is 0 Å². The number of benzene rings is 2. The van der Waals surface area contributed by atoms with E-state index in [1.54, 1.807) is 38.1 Å². The molecule has 6 heteroatoms. The molecule has 2 aromatic rings. The first-order chi connectivity index (χ1) is 11.4. The number of carbonyl (C=O) groups excluding carboxylic acids is 1. The van der Waals surface area contributed by atoms with Crippen LogP contribution in [0.25, 0.3) is 0 Å². The molecule has 0 heterocycles. The van der Waals surface area contributed by atoms with E-state index >= 15 is 0 Å². The van der Waals surface area contributed by atoms with Crippen LogP contribution in [0.4, 0.5) is 14.5 Å². The van der Waals surface area contributed by atoms with E-state index in [2.05, 4.69) is 4.99 Å². The van der Waals surface area contributed by atoms with Crippen LogP contribution < -0.4 is 4.74 Å². The van der Waals surface area contributed by atoms with Gasteiger partial charge in [-0.1, -0.05) is 0 Å². The Hall–Kier alpha value is -2.76. The van der Waals surface area contributed by atoms with Crippen LogP contribution in [0.3, 0.4) is 0 Å². The molecule has 0 aliphatic rings. The molecule has 2 rings (SSSR count). The number of nitrogens with zero attached hydrogens (tertiary/aromatic N) is 1. The van der Waals surface area contributed by atoms with Gasteiger partial charge in [-0.15, -0.1) is 0 Å². The van der Waals surface area contributed by atoms with Crippen molar-refractivity contribution in [3.63, 3.8) is 0 Å². The predicted octanol–water partition coefficient (Wildman–Crippen LogP) is 4.05. The van der Waals surface area contributed by atoms with E-state index in [1.165, 1.54) is 12.3 Å². The lowest BCUT2D eigenvalue weighted by Crippen LogP contribution is -2.18. The van der Waals surface area contributed by atoms with Crippen molar-refractivity contribution in [2.45, 2.75) is 20.0 Å². The Morgan fingerprint density at radius 2 is 1.88 bits per heavy atom. The summed E-state index contributed by atoms with van der Waals surface area (Å²) in [7, 11) is 0. The Morgan fingerprint density at radius 1 is 1.17 bits per heavy atom. The minimum Gasteiger partial charge on any atom is -0.482 e. The molecule has 0 fully saturated rings. The highest BCUT2D eigenvalue weighted by molar-refractivity contribution is 5.82. The van der Waals surface area contributed by atoms with Crippen molar-refractivity contribution < 1.29 is 23.0 Å². The quantitative estimate of drug-likeness (QED) is 0.592. The van der Waals surface area contributed by atoms with Gasteiger partial charge >= 0.3 is 5.97 Å². The first-order valence-electron chi connectivity index (χ1n) is 7.35. The largest absolute Gasteiger partial charge is 0.482 e. The van der Waals surface area contributed by atoms with Crippen molar-refractivity contribution in [2.75, 3.05) is 6.61 Å². The van der Waals surface area contributed by atoms with E-state index in [1.807, 2.05) is 0 Å². The van der Waals surface area contributed by atoms with Crippen LogP contribution in [0, 0.1) is 11.6 Å². The maximum atomic E-state index is 13.5. The van der Waals surface area contributed by atoms with Gasteiger partial charge in [-0.25, -0.2) is 13.6 Å². The molecule has 0 spiro atoms. The number of hydrogen-bond donors (Lipinski definition) is 0. The molecule has 126 valence electrons. The predicted molar refractivity (Wildman–Crippen MR) is 86.8 cm³/mol. The second-order valence-electron chi connectivity index (χ2n) is 5.25. The van der Waals surface area contributed by atoms with Gasteiger partial charge in [-0.3, -0.25) is 4.99 Å². The average Bonchev–Trinajstić information content (AvgIpc) is 2.52.